The molecule has 0 saturated heterocycles. The Hall–Kier alpha value is -1.40. The average molecular weight is 245 g/mol. The molecule has 0 aliphatic rings. The minimum absolute atomic E-state index is 0.0889. The molecule has 0 fully saturated rings. The van der Waals surface area contributed by atoms with E-state index in [2.05, 4.69) is 4.37 Å². The first-order valence-electron chi connectivity index (χ1n) is 3.91. The number of benzene rings is 1. The van der Waals surface area contributed by atoms with Crippen LogP contribution in [0.1, 0.15) is 0 Å². The summed E-state index contributed by atoms with van der Waals surface area (Å²) in [6.45, 7) is 0. The van der Waals surface area contributed by atoms with E-state index in [-0.39, 0.29) is 10.7 Å². The molecule has 7 heteroatoms. The molecule has 1 aromatic carbocycles. The topological polar surface area (TPSA) is 65.3 Å². The number of fused-ring (bicyclic) bond motifs is 1. The van der Waals surface area contributed by atoms with E-state index < -0.39 is 4.92 Å². The van der Waals surface area contributed by atoms with E-state index in [1.54, 1.807) is 6.07 Å². The Morgan fingerprint density at radius 3 is 2.93 bits per heavy atom. The third-order valence-corrected chi connectivity index (χ3v) is 3.04. The molecule has 0 atom stereocenters. The lowest BCUT2D eigenvalue weighted by Gasteiger charge is -1.98. The minimum atomic E-state index is -0.526. The second-order valence-corrected chi connectivity index (χ2v) is 3.86. The molecule has 0 saturated carbocycles. The van der Waals surface area contributed by atoms with Crippen LogP contribution >= 0.6 is 23.1 Å². The van der Waals surface area contributed by atoms with Crippen LogP contribution in [-0.4, -0.2) is 16.4 Å². The second-order valence-electron chi connectivity index (χ2n) is 2.72. The number of nitrogens with zero attached hydrogens (tertiary/aromatic N) is 2. The van der Waals surface area contributed by atoms with Crippen molar-refractivity contribution >= 4 is 39.7 Å². The van der Waals surface area contributed by atoms with Gasteiger partial charge < -0.3 is 4.74 Å². The molecule has 2 aromatic rings. The summed E-state index contributed by atoms with van der Waals surface area (Å²) in [6.07, 6.45) is 0. The van der Waals surface area contributed by atoms with Gasteiger partial charge in [0.2, 0.25) is 5.06 Å². The summed E-state index contributed by atoms with van der Waals surface area (Å²) in [5.74, 6) is 0. The van der Waals surface area contributed by atoms with Gasteiger partial charge in [0.25, 0.3) is 0 Å². The lowest BCUT2D eigenvalue weighted by atomic mass is 10.2. The van der Waals surface area contributed by atoms with Gasteiger partial charge in [0.05, 0.1) is 17.5 Å². The van der Waals surface area contributed by atoms with Crippen LogP contribution in [0.3, 0.4) is 0 Å². The van der Waals surface area contributed by atoms with E-state index in [0.29, 0.717) is 16.0 Å². The van der Waals surface area contributed by atoms with Gasteiger partial charge in [-0.1, -0.05) is 11.6 Å². The lowest BCUT2D eigenvalue weighted by molar-refractivity contribution is -0.382. The zero-order valence-corrected chi connectivity index (χ0v) is 9.13. The molecule has 0 bridgehead atoms. The van der Waals surface area contributed by atoms with Gasteiger partial charge in [-0.3, -0.25) is 10.1 Å². The normalized spacial score (nSPS) is 10.5. The number of nitro groups is 1. The number of rotatable bonds is 2. The van der Waals surface area contributed by atoms with Gasteiger partial charge in [0, 0.05) is 11.5 Å². The first-order valence-corrected chi connectivity index (χ1v) is 5.06. The summed E-state index contributed by atoms with van der Waals surface area (Å²) >= 11 is 6.83. The van der Waals surface area contributed by atoms with Crippen LogP contribution < -0.4 is 4.74 Å². The number of nitro benzene ring substituents is 1. The van der Waals surface area contributed by atoms with Crippen molar-refractivity contribution in [3.8, 4) is 5.06 Å². The predicted molar refractivity (Wildman–Crippen MR) is 57.8 cm³/mol. The molecule has 0 N–H and O–H groups in total. The van der Waals surface area contributed by atoms with Crippen molar-refractivity contribution in [3.05, 3.63) is 27.3 Å². The fourth-order valence-electron chi connectivity index (χ4n) is 1.29. The summed E-state index contributed by atoms with van der Waals surface area (Å²) in [7, 11) is 1.44. The minimum Gasteiger partial charge on any atom is -0.486 e. The van der Waals surface area contributed by atoms with E-state index in [9.17, 15) is 10.1 Å². The lowest BCUT2D eigenvalue weighted by Crippen LogP contribution is -1.91. The van der Waals surface area contributed by atoms with Gasteiger partial charge in [-0.2, -0.15) is 4.37 Å². The molecule has 0 radical (unpaired) electrons. The van der Waals surface area contributed by atoms with E-state index in [1.165, 1.54) is 13.2 Å². The zero-order valence-electron chi connectivity index (χ0n) is 7.56. The monoisotopic (exact) mass is 244 g/mol. The number of halogens is 1. The van der Waals surface area contributed by atoms with Crippen LogP contribution in [0.4, 0.5) is 5.69 Å². The van der Waals surface area contributed by atoms with Gasteiger partial charge in [-0.25, -0.2) is 0 Å². The second kappa shape index (κ2) is 3.63. The van der Waals surface area contributed by atoms with E-state index in [1.807, 2.05) is 0 Å². The van der Waals surface area contributed by atoms with Crippen molar-refractivity contribution in [1.82, 2.24) is 4.37 Å². The predicted octanol–water partition coefficient (Wildman–Crippen LogP) is 2.87. The molecule has 0 aliphatic heterocycles. The van der Waals surface area contributed by atoms with Crippen molar-refractivity contribution in [2.75, 3.05) is 7.11 Å². The molecule has 78 valence electrons. The Kier molecular flexibility index (Phi) is 2.45. The van der Waals surface area contributed by atoms with Crippen molar-refractivity contribution in [1.29, 1.82) is 0 Å². The van der Waals surface area contributed by atoms with Crippen LogP contribution in [0.15, 0.2) is 12.1 Å². The Morgan fingerprint density at radius 1 is 1.60 bits per heavy atom. The van der Waals surface area contributed by atoms with E-state index >= 15 is 0 Å². The third kappa shape index (κ3) is 1.51. The summed E-state index contributed by atoms with van der Waals surface area (Å²) in [4.78, 5) is 10.3. The van der Waals surface area contributed by atoms with Crippen LogP contribution in [0.5, 0.6) is 5.06 Å². The molecule has 1 heterocycles. The van der Waals surface area contributed by atoms with Gasteiger partial charge >= 0.3 is 5.69 Å². The first-order chi connectivity index (χ1) is 7.15. The van der Waals surface area contributed by atoms with Gasteiger partial charge in [-0.05, 0) is 12.1 Å². The van der Waals surface area contributed by atoms with Crippen LogP contribution in [0, 0.1) is 10.1 Å². The van der Waals surface area contributed by atoms with Gasteiger partial charge in [-0.15, -0.1) is 0 Å². The Morgan fingerprint density at radius 2 is 2.33 bits per heavy atom. The average Bonchev–Trinajstić information content (AvgIpc) is 2.59. The first kappa shape index (κ1) is 10.1. The highest BCUT2D eigenvalue weighted by atomic mass is 35.5. The van der Waals surface area contributed by atoms with Crippen molar-refractivity contribution in [3.63, 3.8) is 0 Å². The number of hydrogen-bond donors (Lipinski definition) is 0. The van der Waals surface area contributed by atoms with Crippen molar-refractivity contribution in [2.24, 2.45) is 0 Å². The summed E-state index contributed by atoms with van der Waals surface area (Å²) in [5, 5.41) is 11.7. The Labute approximate surface area is 93.5 Å². The maximum absolute atomic E-state index is 10.8. The summed E-state index contributed by atoms with van der Waals surface area (Å²) in [6, 6.07) is 3.09. The Balaban J connectivity index is 2.89. The van der Waals surface area contributed by atoms with Crippen LogP contribution in [0.2, 0.25) is 5.02 Å². The molecule has 2 rings (SSSR count). The SMILES string of the molecule is COc1snc2ccc(Cl)c([N+](=O)[O-])c12. The molecular formula is C8H5ClN2O3S. The Bertz CT molecular complexity index is 540. The summed E-state index contributed by atoms with van der Waals surface area (Å²) in [5.41, 5.74) is 0.368. The van der Waals surface area contributed by atoms with Gasteiger partial charge in [0.1, 0.15) is 10.4 Å². The van der Waals surface area contributed by atoms with Gasteiger partial charge in [0.15, 0.2) is 0 Å². The molecule has 15 heavy (non-hydrogen) atoms. The van der Waals surface area contributed by atoms with E-state index in [4.69, 9.17) is 16.3 Å². The largest absolute Gasteiger partial charge is 0.486 e. The molecular weight excluding hydrogens is 240 g/mol. The summed E-state index contributed by atoms with van der Waals surface area (Å²) < 4.78 is 9.03. The highest BCUT2D eigenvalue weighted by Crippen LogP contribution is 2.40. The molecule has 0 unspecified atom stereocenters. The van der Waals surface area contributed by atoms with Crippen LogP contribution in [0.25, 0.3) is 10.9 Å². The van der Waals surface area contributed by atoms with E-state index in [0.717, 1.165) is 11.5 Å². The standard InChI is InChI=1S/C8H5ClN2O3S/c1-14-8-6-5(10-15-8)3-2-4(9)7(6)11(12)13/h2-3H,1H3. The van der Waals surface area contributed by atoms with Crippen molar-refractivity contribution in [2.45, 2.75) is 0 Å². The molecule has 0 amide bonds. The highest BCUT2D eigenvalue weighted by Gasteiger charge is 2.23. The fourth-order valence-corrected chi connectivity index (χ4v) is 2.21. The number of methoxy groups -OCH3 is 1. The number of ether oxygens (including phenoxy) is 1. The quantitative estimate of drug-likeness (QED) is 0.602. The number of hydrogen-bond acceptors (Lipinski definition) is 5. The number of aromatic nitrogens is 1. The molecule has 0 aliphatic carbocycles. The smallest absolute Gasteiger partial charge is 0.301 e. The highest BCUT2D eigenvalue weighted by molar-refractivity contribution is 7.09. The maximum atomic E-state index is 10.8. The third-order valence-electron chi connectivity index (χ3n) is 1.91. The maximum Gasteiger partial charge on any atom is 0.301 e. The molecule has 0 spiro atoms. The van der Waals surface area contributed by atoms with Crippen LogP contribution in [-0.2, 0) is 0 Å². The molecule has 5 nitrogen and oxygen atoms in total. The fraction of sp³-hybridized carbons (Fsp3) is 0.125. The van der Waals surface area contributed by atoms with Crippen molar-refractivity contribution < 1.29 is 9.66 Å². The zero-order chi connectivity index (χ0) is 11.0. The molecule has 1 aromatic heterocycles.